The van der Waals surface area contributed by atoms with E-state index in [4.69, 9.17) is 19.5 Å². The Labute approximate surface area is 203 Å². The van der Waals surface area contributed by atoms with Crippen molar-refractivity contribution in [3.8, 4) is 0 Å². The Bertz CT molecular complexity index is 1130. The number of nitrogens with zero attached hydrogens (tertiary/aromatic N) is 3. The van der Waals surface area contributed by atoms with Gasteiger partial charge in [0.05, 0.1) is 26.1 Å². The van der Waals surface area contributed by atoms with Gasteiger partial charge in [-0.2, -0.15) is 4.98 Å². The zero-order valence-corrected chi connectivity index (χ0v) is 21.2. The smallest absolute Gasteiger partial charge is 0.280 e. The Kier molecular flexibility index (Phi) is 9.61. The molecule has 0 saturated carbocycles. The molecule has 0 fully saturated rings. The first kappa shape index (κ1) is 26.3. The second-order valence-electron chi connectivity index (χ2n) is 8.41. The van der Waals surface area contributed by atoms with Crippen LogP contribution < -0.4 is 11.3 Å². The Morgan fingerprint density at radius 2 is 1.97 bits per heavy atom. The number of hydrogen-bond donors (Lipinski definition) is 2. The quantitative estimate of drug-likeness (QED) is 0.279. The fourth-order valence-electron chi connectivity index (χ4n) is 2.76. The van der Waals surface area contributed by atoms with Crippen LogP contribution >= 0.6 is 20.1 Å². The number of aromatic nitrogens is 4. The molecule has 1 aromatic carbocycles. The summed E-state index contributed by atoms with van der Waals surface area (Å²) in [6, 6.07) is 9.82. The molecular formula is C22H30N5O5PS. The molecule has 2 heterocycles. The Balaban J connectivity index is 1.50. The predicted molar refractivity (Wildman–Crippen MR) is 134 cm³/mol. The van der Waals surface area contributed by atoms with Gasteiger partial charge in [0.25, 0.3) is 5.56 Å². The molecule has 3 N–H and O–H groups in total. The first-order valence-electron chi connectivity index (χ1n) is 10.8. The predicted octanol–water partition coefficient (Wildman–Crippen LogP) is 3.53. The second kappa shape index (κ2) is 12.4. The van der Waals surface area contributed by atoms with Crippen molar-refractivity contribution in [2.75, 3.05) is 31.0 Å². The summed E-state index contributed by atoms with van der Waals surface area (Å²) in [6.45, 7) is 7.26. The van der Waals surface area contributed by atoms with Gasteiger partial charge >= 0.3 is 0 Å². The molecule has 0 amide bonds. The number of anilines is 1. The molecule has 0 saturated heterocycles. The van der Waals surface area contributed by atoms with E-state index < -0.39 is 8.38 Å². The van der Waals surface area contributed by atoms with E-state index in [9.17, 15) is 9.59 Å². The van der Waals surface area contributed by atoms with Crippen LogP contribution in [0.2, 0.25) is 0 Å². The normalized spacial score (nSPS) is 12.8. The number of fused-ring (bicyclic) bond motifs is 1. The fraction of sp³-hybridized carbons (Fsp3) is 0.455. The Hall–Kier alpha value is -2.30. The van der Waals surface area contributed by atoms with Gasteiger partial charge in [-0.15, -0.1) is 0 Å². The summed E-state index contributed by atoms with van der Waals surface area (Å²) in [5, 5.41) is 0.127. The lowest BCUT2D eigenvalue weighted by Gasteiger charge is -2.19. The molecule has 10 nitrogen and oxygen atoms in total. The van der Waals surface area contributed by atoms with Gasteiger partial charge in [-0.25, -0.2) is 4.98 Å². The van der Waals surface area contributed by atoms with E-state index in [2.05, 4.69) is 15.0 Å². The number of carbonyl (C=O) groups is 1. The monoisotopic (exact) mass is 507 g/mol. The number of nitrogens with one attached hydrogen (secondary N) is 1. The van der Waals surface area contributed by atoms with Crippen LogP contribution in [0.5, 0.6) is 0 Å². The molecule has 0 aliphatic heterocycles. The van der Waals surface area contributed by atoms with Crippen LogP contribution in [0.25, 0.3) is 11.2 Å². The number of carbonyl (C=O) groups excluding carboxylic acids is 1. The molecule has 1 atom stereocenters. The highest BCUT2D eigenvalue weighted by atomic mass is 32.2. The minimum Gasteiger partial charge on any atom is -0.370 e. The Morgan fingerprint density at radius 1 is 1.21 bits per heavy atom. The molecule has 0 spiro atoms. The molecule has 12 heteroatoms. The molecule has 0 bridgehead atoms. The number of imidazole rings is 1. The van der Waals surface area contributed by atoms with Gasteiger partial charge < -0.3 is 24.1 Å². The van der Waals surface area contributed by atoms with Crippen molar-refractivity contribution in [2.45, 2.75) is 33.9 Å². The summed E-state index contributed by atoms with van der Waals surface area (Å²) < 4.78 is 19.4. The third kappa shape index (κ3) is 7.89. The van der Waals surface area contributed by atoms with Crippen molar-refractivity contribution in [3.63, 3.8) is 0 Å². The third-order valence-electron chi connectivity index (χ3n) is 4.55. The molecule has 0 radical (unpaired) electrons. The number of H-pyrrole nitrogens is 1. The third-order valence-corrected chi connectivity index (χ3v) is 7.07. The summed E-state index contributed by atoms with van der Waals surface area (Å²) >= 11 is 1.26. The van der Waals surface area contributed by atoms with Crippen molar-refractivity contribution < 1.29 is 18.6 Å². The minimum absolute atomic E-state index is 0.0363. The van der Waals surface area contributed by atoms with Gasteiger partial charge in [0.1, 0.15) is 6.35 Å². The summed E-state index contributed by atoms with van der Waals surface area (Å²) in [6.07, 6.45) is 1.80. The number of rotatable bonds is 12. The Morgan fingerprint density at radius 3 is 2.71 bits per heavy atom. The van der Waals surface area contributed by atoms with E-state index in [1.54, 1.807) is 4.57 Å². The molecule has 2 aromatic heterocycles. The van der Waals surface area contributed by atoms with Crippen LogP contribution in [0, 0.1) is 5.41 Å². The number of nitrogens with two attached hydrogens (primary N) is 1. The number of thioether (sulfide) groups is 1. The number of aromatic amines is 1. The molecule has 1 unspecified atom stereocenters. The summed E-state index contributed by atoms with van der Waals surface area (Å²) in [5.41, 5.74) is 6.55. The fourth-order valence-corrected chi connectivity index (χ4v) is 4.76. The summed E-state index contributed by atoms with van der Waals surface area (Å²) in [5.74, 6) is 0.584. The molecule has 34 heavy (non-hydrogen) atoms. The summed E-state index contributed by atoms with van der Waals surface area (Å²) in [4.78, 5) is 34.7. The number of benzene rings is 1. The second-order valence-corrected chi connectivity index (χ2v) is 10.9. The van der Waals surface area contributed by atoms with E-state index in [0.717, 1.165) is 5.56 Å². The lowest BCUT2D eigenvalue weighted by atomic mass is 10.00. The minimum atomic E-state index is -1.32. The highest BCUT2D eigenvalue weighted by molar-refractivity contribution is 8.13. The van der Waals surface area contributed by atoms with E-state index in [1.807, 2.05) is 51.1 Å². The molecular weight excluding hydrogens is 477 g/mol. The van der Waals surface area contributed by atoms with Crippen LogP contribution in [0.3, 0.4) is 0 Å². The maximum Gasteiger partial charge on any atom is 0.280 e. The van der Waals surface area contributed by atoms with Crippen molar-refractivity contribution >= 4 is 42.4 Å². The van der Waals surface area contributed by atoms with E-state index >= 15 is 0 Å². The first-order chi connectivity index (χ1) is 16.2. The van der Waals surface area contributed by atoms with Gasteiger partial charge in [-0.1, -0.05) is 62.9 Å². The van der Waals surface area contributed by atoms with Crippen LogP contribution in [-0.2, 0) is 31.7 Å². The standard InChI is InChI=1S/C22H30N5O5PS/c1-22(2,3)20(29)34-12-11-31-33(32-13-16-7-5-4-6-8-16)15-30-10-9-27-14-24-17-18(27)25-21(23)26-19(17)28/h4-8,14H,9-13,15H2,1-3H3,(H3,23,25,26,28). The molecule has 3 aromatic rings. The maximum absolute atomic E-state index is 12.1. The molecule has 0 aliphatic rings. The van der Waals surface area contributed by atoms with Crippen LogP contribution in [0.4, 0.5) is 5.95 Å². The molecule has 184 valence electrons. The zero-order valence-electron chi connectivity index (χ0n) is 19.5. The van der Waals surface area contributed by atoms with Crippen LogP contribution in [-0.4, -0.2) is 49.9 Å². The molecule has 0 aliphatic carbocycles. The van der Waals surface area contributed by atoms with E-state index in [1.165, 1.54) is 18.1 Å². The zero-order chi connectivity index (χ0) is 24.6. The van der Waals surface area contributed by atoms with E-state index in [0.29, 0.717) is 37.8 Å². The van der Waals surface area contributed by atoms with Crippen molar-refractivity contribution in [1.82, 2.24) is 19.5 Å². The van der Waals surface area contributed by atoms with Gasteiger partial charge in [0, 0.05) is 17.7 Å². The van der Waals surface area contributed by atoms with Gasteiger partial charge in [-0.05, 0) is 5.56 Å². The lowest BCUT2D eigenvalue weighted by molar-refractivity contribution is -0.117. The average molecular weight is 508 g/mol. The lowest BCUT2D eigenvalue weighted by Crippen LogP contribution is -2.17. The first-order valence-corrected chi connectivity index (χ1v) is 13.1. The number of ether oxygens (including phenoxy) is 1. The van der Waals surface area contributed by atoms with Crippen molar-refractivity contribution in [3.05, 3.63) is 52.6 Å². The molecule has 3 rings (SSSR count). The van der Waals surface area contributed by atoms with Crippen LogP contribution in [0.15, 0.2) is 41.5 Å². The average Bonchev–Trinajstić information content (AvgIpc) is 3.20. The topological polar surface area (TPSA) is 134 Å². The van der Waals surface area contributed by atoms with Crippen molar-refractivity contribution in [1.29, 1.82) is 0 Å². The van der Waals surface area contributed by atoms with Gasteiger partial charge in [0.2, 0.25) is 5.95 Å². The van der Waals surface area contributed by atoms with Gasteiger partial charge in [-0.3, -0.25) is 14.6 Å². The highest BCUT2D eigenvalue weighted by Crippen LogP contribution is 2.39. The number of nitrogen functional groups attached to an aromatic ring is 1. The summed E-state index contributed by atoms with van der Waals surface area (Å²) in [7, 11) is -1.32. The van der Waals surface area contributed by atoms with Gasteiger partial charge in [0.15, 0.2) is 24.7 Å². The number of hydrogen-bond acceptors (Lipinski definition) is 9. The largest absolute Gasteiger partial charge is 0.370 e. The SMILES string of the molecule is CC(C)(C)C(=O)SCCOP(COCCn1cnc2c(=O)[nH]c(N)nc21)OCc1ccccc1. The maximum atomic E-state index is 12.1. The van der Waals surface area contributed by atoms with Crippen molar-refractivity contribution in [2.24, 2.45) is 5.41 Å². The highest BCUT2D eigenvalue weighted by Gasteiger charge is 2.21. The van der Waals surface area contributed by atoms with Crippen LogP contribution in [0.1, 0.15) is 26.3 Å². The van der Waals surface area contributed by atoms with E-state index in [-0.39, 0.29) is 33.9 Å².